The van der Waals surface area contributed by atoms with Crippen LogP contribution in [0.3, 0.4) is 0 Å². The van der Waals surface area contributed by atoms with Crippen LogP contribution < -0.4 is 4.74 Å². The summed E-state index contributed by atoms with van der Waals surface area (Å²) in [7, 11) is 0. The fraction of sp³-hybridized carbons (Fsp3) is 0.500. The third-order valence-corrected chi connectivity index (χ3v) is 4.20. The van der Waals surface area contributed by atoms with Crippen LogP contribution in [0, 0.1) is 5.92 Å². The second kappa shape index (κ2) is 4.80. The molecule has 0 aromatic heterocycles. The second-order valence-electron chi connectivity index (χ2n) is 5.50. The van der Waals surface area contributed by atoms with E-state index in [1.165, 1.54) is 6.07 Å². The first-order chi connectivity index (χ1) is 9.76. The van der Waals surface area contributed by atoms with E-state index in [0.717, 1.165) is 18.9 Å². The summed E-state index contributed by atoms with van der Waals surface area (Å²) in [5.74, 6) is -0.494. The van der Waals surface area contributed by atoms with Crippen LogP contribution in [-0.2, 0) is 6.54 Å². The lowest BCUT2D eigenvalue weighted by molar-refractivity contribution is -0.274. The zero-order valence-corrected chi connectivity index (χ0v) is 12.0. The maximum absolute atomic E-state index is 12.5. The predicted molar refractivity (Wildman–Crippen MR) is 70.2 cm³/mol. The molecule has 0 bridgehead atoms. The molecule has 1 aromatic carbocycles. The van der Waals surface area contributed by atoms with E-state index in [0.29, 0.717) is 11.5 Å². The molecule has 1 heterocycles. The van der Waals surface area contributed by atoms with Gasteiger partial charge in [-0.1, -0.05) is 11.6 Å². The third-order valence-electron chi connectivity index (χ3n) is 3.99. The summed E-state index contributed by atoms with van der Waals surface area (Å²) in [5, 5.41) is 0.127. The molecule has 0 radical (unpaired) electrons. The number of halogens is 4. The maximum atomic E-state index is 12.5. The number of nitrogens with zero attached hydrogens (tertiary/aromatic N) is 1. The zero-order chi connectivity index (χ0) is 15.4. The van der Waals surface area contributed by atoms with E-state index in [1.807, 2.05) is 6.92 Å². The number of hydrogen-bond donors (Lipinski definition) is 0. The SMILES string of the molecule is C[C@@H](C1CC1)N1Cc2cc(Cl)cc(OC(F)(F)F)c2C1=O. The number of benzene rings is 1. The Bertz CT molecular complexity index is 599. The first-order valence-electron chi connectivity index (χ1n) is 6.65. The molecular formula is C14H13ClF3NO2. The maximum Gasteiger partial charge on any atom is 0.573 e. The summed E-state index contributed by atoms with van der Waals surface area (Å²) >= 11 is 5.83. The second-order valence-corrected chi connectivity index (χ2v) is 5.93. The lowest BCUT2D eigenvalue weighted by Crippen LogP contribution is -2.34. The van der Waals surface area contributed by atoms with Crippen LogP contribution in [0.4, 0.5) is 13.2 Å². The van der Waals surface area contributed by atoms with Crippen molar-refractivity contribution in [3.8, 4) is 5.75 Å². The number of amides is 1. The van der Waals surface area contributed by atoms with Crippen molar-refractivity contribution in [2.24, 2.45) is 5.92 Å². The Morgan fingerprint density at radius 2 is 2.05 bits per heavy atom. The Balaban J connectivity index is 1.96. The van der Waals surface area contributed by atoms with Gasteiger partial charge in [-0.25, -0.2) is 0 Å². The van der Waals surface area contributed by atoms with E-state index < -0.39 is 18.0 Å². The van der Waals surface area contributed by atoms with Crippen LogP contribution in [0.2, 0.25) is 5.02 Å². The summed E-state index contributed by atoms with van der Waals surface area (Å²) in [4.78, 5) is 14.0. The van der Waals surface area contributed by atoms with Gasteiger partial charge in [-0.2, -0.15) is 0 Å². The molecule has 7 heteroatoms. The predicted octanol–water partition coefficient (Wildman–Crippen LogP) is 3.99. The highest BCUT2D eigenvalue weighted by atomic mass is 35.5. The van der Waals surface area contributed by atoms with E-state index in [2.05, 4.69) is 4.74 Å². The normalized spacial score (nSPS) is 19.7. The third kappa shape index (κ3) is 2.81. The molecule has 1 saturated carbocycles. The minimum atomic E-state index is -4.85. The molecule has 114 valence electrons. The Labute approximate surface area is 124 Å². The van der Waals surface area contributed by atoms with Crippen molar-refractivity contribution in [2.75, 3.05) is 0 Å². The molecule has 3 rings (SSSR count). The molecule has 1 aliphatic heterocycles. The van der Waals surface area contributed by atoms with Crippen LogP contribution in [0.25, 0.3) is 0 Å². The molecule has 1 fully saturated rings. The van der Waals surface area contributed by atoms with Gasteiger partial charge in [0.25, 0.3) is 5.91 Å². The zero-order valence-electron chi connectivity index (χ0n) is 11.2. The van der Waals surface area contributed by atoms with Gasteiger partial charge in [-0.3, -0.25) is 4.79 Å². The fourth-order valence-electron chi connectivity index (χ4n) is 2.77. The summed E-state index contributed by atoms with van der Waals surface area (Å²) in [6, 6.07) is 2.58. The van der Waals surface area contributed by atoms with E-state index in [1.54, 1.807) is 4.90 Å². The van der Waals surface area contributed by atoms with Gasteiger partial charge in [-0.05, 0) is 43.4 Å². The molecule has 0 spiro atoms. The summed E-state index contributed by atoms with van der Waals surface area (Å²) < 4.78 is 41.4. The lowest BCUT2D eigenvalue weighted by atomic mass is 10.1. The van der Waals surface area contributed by atoms with Crippen LogP contribution >= 0.6 is 11.6 Å². The molecule has 1 aromatic rings. The molecule has 0 unspecified atom stereocenters. The molecule has 0 N–H and O–H groups in total. The minimum Gasteiger partial charge on any atom is -0.405 e. The average Bonchev–Trinajstić information content (AvgIpc) is 3.11. The van der Waals surface area contributed by atoms with Crippen molar-refractivity contribution < 1.29 is 22.7 Å². The Hall–Kier alpha value is -1.43. The van der Waals surface area contributed by atoms with Crippen molar-refractivity contribution in [2.45, 2.75) is 38.7 Å². The molecule has 2 aliphatic rings. The van der Waals surface area contributed by atoms with Crippen molar-refractivity contribution in [1.29, 1.82) is 0 Å². The van der Waals surface area contributed by atoms with Crippen LogP contribution in [0.5, 0.6) is 5.75 Å². The molecule has 21 heavy (non-hydrogen) atoms. The van der Waals surface area contributed by atoms with Gasteiger partial charge < -0.3 is 9.64 Å². The smallest absolute Gasteiger partial charge is 0.405 e. The molecule has 1 aliphatic carbocycles. The fourth-order valence-corrected chi connectivity index (χ4v) is 3.00. The monoisotopic (exact) mass is 319 g/mol. The van der Waals surface area contributed by atoms with Gasteiger partial charge in [0, 0.05) is 17.6 Å². The van der Waals surface area contributed by atoms with Crippen LogP contribution in [-0.4, -0.2) is 23.2 Å². The van der Waals surface area contributed by atoms with Crippen molar-refractivity contribution >= 4 is 17.5 Å². The molecule has 1 amide bonds. The first kappa shape index (κ1) is 14.5. The summed E-state index contributed by atoms with van der Waals surface area (Å²) in [5.41, 5.74) is 0.462. The van der Waals surface area contributed by atoms with Gasteiger partial charge in [0.15, 0.2) is 0 Å². The quantitative estimate of drug-likeness (QED) is 0.843. The summed E-state index contributed by atoms with van der Waals surface area (Å²) in [6.45, 7) is 2.20. The van der Waals surface area contributed by atoms with E-state index in [9.17, 15) is 18.0 Å². The highest BCUT2D eigenvalue weighted by molar-refractivity contribution is 6.31. The van der Waals surface area contributed by atoms with Gasteiger partial charge in [-0.15, -0.1) is 13.2 Å². The highest BCUT2D eigenvalue weighted by Crippen LogP contribution is 2.41. The molecule has 0 saturated heterocycles. The number of rotatable bonds is 3. The number of alkyl halides is 3. The number of carbonyl (C=O) groups is 1. The van der Waals surface area contributed by atoms with Gasteiger partial charge >= 0.3 is 6.36 Å². The molecule has 3 nitrogen and oxygen atoms in total. The van der Waals surface area contributed by atoms with E-state index in [4.69, 9.17) is 11.6 Å². The average molecular weight is 320 g/mol. The lowest BCUT2D eigenvalue weighted by Gasteiger charge is -2.24. The number of hydrogen-bond acceptors (Lipinski definition) is 2. The number of ether oxygens (including phenoxy) is 1. The largest absolute Gasteiger partial charge is 0.573 e. The Morgan fingerprint density at radius 3 is 2.62 bits per heavy atom. The number of carbonyl (C=O) groups excluding carboxylic acids is 1. The van der Waals surface area contributed by atoms with Gasteiger partial charge in [0.2, 0.25) is 0 Å². The van der Waals surface area contributed by atoms with Gasteiger partial charge in [0.1, 0.15) is 5.75 Å². The highest BCUT2D eigenvalue weighted by Gasteiger charge is 2.42. The number of fused-ring (bicyclic) bond motifs is 1. The van der Waals surface area contributed by atoms with E-state index in [-0.39, 0.29) is 23.2 Å². The first-order valence-corrected chi connectivity index (χ1v) is 7.03. The molecule has 1 atom stereocenters. The van der Waals surface area contributed by atoms with Crippen LogP contribution in [0.1, 0.15) is 35.7 Å². The topological polar surface area (TPSA) is 29.5 Å². The standard InChI is InChI=1S/C14H13ClF3NO2/c1-7(8-2-3-8)19-6-9-4-10(15)5-11(12(9)13(19)20)21-14(16,17)18/h4-5,7-8H,2-3,6H2,1H3/t7-/m0/s1. The minimum absolute atomic E-state index is 0.0161. The van der Waals surface area contributed by atoms with Crippen molar-refractivity contribution in [3.05, 3.63) is 28.3 Å². The van der Waals surface area contributed by atoms with E-state index >= 15 is 0 Å². The summed E-state index contributed by atoms with van der Waals surface area (Å²) in [6.07, 6.45) is -2.75. The Kier molecular flexibility index (Phi) is 3.31. The Morgan fingerprint density at radius 1 is 1.38 bits per heavy atom. The van der Waals surface area contributed by atoms with Gasteiger partial charge in [0.05, 0.1) is 5.56 Å². The van der Waals surface area contributed by atoms with Crippen molar-refractivity contribution in [3.63, 3.8) is 0 Å². The van der Waals surface area contributed by atoms with Crippen LogP contribution in [0.15, 0.2) is 12.1 Å². The molecular weight excluding hydrogens is 307 g/mol. The van der Waals surface area contributed by atoms with Crippen molar-refractivity contribution in [1.82, 2.24) is 4.90 Å².